The minimum absolute atomic E-state index is 0.0381. The molecule has 310 valence electrons. The standard InChI is InChI=1S/C26H36N2O.C26H34N2O/c2*1-25-13-11-18(29)15-17(25)7-8-19-20-9-10-24(26(20,2)14-12-21(19)25)28-16-27-22-5-3-4-6-23(22)28/h3-6,16-21,24,29H,7-15H2,1-2H3;3-6,16-17,19-21,24H,7-15H2,1-2H3/t17?,18-,19?,20?,21?,24-,25-,26-;17?,19?,20?,21?,24-,25-,26-/m00/s1. The maximum atomic E-state index is 12.1. The number of nitrogens with zero attached hydrogens (tertiary/aromatic N) is 4. The van der Waals surface area contributed by atoms with E-state index < -0.39 is 0 Å². The highest BCUT2D eigenvalue weighted by atomic mass is 16.3. The van der Waals surface area contributed by atoms with E-state index in [0.717, 1.165) is 84.6 Å². The molecule has 8 saturated carbocycles. The van der Waals surface area contributed by atoms with E-state index in [-0.39, 0.29) is 6.10 Å². The minimum atomic E-state index is -0.0381. The van der Waals surface area contributed by atoms with Gasteiger partial charge in [0.1, 0.15) is 5.78 Å². The molecular weight excluding hydrogens is 713 g/mol. The second-order valence-corrected chi connectivity index (χ2v) is 22.5. The number of ketones is 1. The molecule has 0 saturated heterocycles. The van der Waals surface area contributed by atoms with Crippen molar-refractivity contribution in [2.45, 2.75) is 161 Å². The molecule has 8 unspecified atom stereocenters. The second kappa shape index (κ2) is 13.8. The van der Waals surface area contributed by atoms with Gasteiger partial charge in [-0.1, -0.05) is 52.0 Å². The summed E-state index contributed by atoms with van der Waals surface area (Å²) in [5, 5.41) is 10.3. The van der Waals surface area contributed by atoms with Crippen LogP contribution in [0.3, 0.4) is 0 Å². The quantitative estimate of drug-likeness (QED) is 0.220. The molecule has 0 spiro atoms. The molecule has 8 fully saturated rings. The number of aliphatic hydroxyl groups excluding tert-OH is 1. The van der Waals surface area contributed by atoms with Crippen LogP contribution in [0.1, 0.15) is 155 Å². The lowest BCUT2D eigenvalue weighted by atomic mass is 9.45. The van der Waals surface area contributed by atoms with Gasteiger partial charge < -0.3 is 14.2 Å². The number of Topliss-reactive ketones (excluding diaryl/α,β-unsaturated/α-hetero) is 1. The Bertz CT molecular complexity index is 2190. The second-order valence-electron chi connectivity index (χ2n) is 22.5. The smallest absolute Gasteiger partial charge is 0.133 e. The van der Waals surface area contributed by atoms with Gasteiger partial charge in [0.15, 0.2) is 0 Å². The number of carbonyl (C=O) groups excluding carboxylic acids is 1. The van der Waals surface area contributed by atoms with Gasteiger partial charge in [0.2, 0.25) is 0 Å². The number of benzene rings is 2. The Hall–Kier alpha value is -2.99. The molecular formula is C52H70N4O2. The van der Waals surface area contributed by atoms with Crippen LogP contribution >= 0.6 is 0 Å². The fourth-order valence-electron chi connectivity index (χ4n) is 17.6. The molecule has 0 aliphatic heterocycles. The lowest BCUT2D eigenvalue weighted by molar-refractivity contribution is -0.139. The summed E-state index contributed by atoms with van der Waals surface area (Å²) in [6.45, 7) is 10.4. The molecule has 2 aromatic carbocycles. The molecule has 6 nitrogen and oxygen atoms in total. The van der Waals surface area contributed by atoms with Crippen LogP contribution < -0.4 is 0 Å². The van der Waals surface area contributed by atoms with Crippen LogP contribution in [0.15, 0.2) is 61.2 Å². The van der Waals surface area contributed by atoms with Crippen molar-refractivity contribution in [3.05, 3.63) is 61.2 Å². The molecule has 0 radical (unpaired) electrons. The highest BCUT2D eigenvalue weighted by Crippen LogP contribution is 2.70. The monoisotopic (exact) mass is 783 g/mol. The van der Waals surface area contributed by atoms with Crippen molar-refractivity contribution >= 4 is 27.9 Å². The average molecular weight is 783 g/mol. The summed E-state index contributed by atoms with van der Waals surface area (Å²) in [6, 6.07) is 18.5. The predicted molar refractivity (Wildman–Crippen MR) is 232 cm³/mol. The van der Waals surface area contributed by atoms with Gasteiger partial charge >= 0.3 is 0 Å². The molecule has 0 bridgehead atoms. The predicted octanol–water partition coefficient (Wildman–Crippen LogP) is 12.2. The summed E-state index contributed by atoms with van der Waals surface area (Å²) in [5.74, 6) is 7.11. The molecule has 2 heterocycles. The normalized spacial score (nSPS) is 45.6. The van der Waals surface area contributed by atoms with Gasteiger partial charge in [-0.25, -0.2) is 9.97 Å². The first-order valence-corrected chi connectivity index (χ1v) is 24.0. The van der Waals surface area contributed by atoms with E-state index >= 15 is 0 Å². The van der Waals surface area contributed by atoms with E-state index in [1.165, 1.54) is 94.5 Å². The topological polar surface area (TPSA) is 72.9 Å². The lowest BCUT2D eigenvalue weighted by Crippen LogP contribution is -2.54. The molecule has 12 rings (SSSR count). The summed E-state index contributed by atoms with van der Waals surface area (Å²) in [4.78, 5) is 21.6. The molecule has 6 heteroatoms. The average Bonchev–Trinajstić information content (AvgIpc) is 4.01. The third kappa shape index (κ3) is 5.53. The van der Waals surface area contributed by atoms with Crippen LogP contribution in [0.2, 0.25) is 0 Å². The Labute approximate surface area is 347 Å². The Morgan fingerprint density at radius 2 is 1.03 bits per heavy atom. The number of carbonyl (C=O) groups is 1. The van der Waals surface area contributed by atoms with Gasteiger partial charge in [0.05, 0.1) is 40.8 Å². The van der Waals surface area contributed by atoms with Crippen molar-refractivity contribution in [2.24, 2.45) is 69.0 Å². The molecule has 15 atom stereocenters. The number of fused-ring (bicyclic) bond motifs is 12. The third-order valence-corrected chi connectivity index (χ3v) is 20.7. The summed E-state index contributed by atoms with van der Waals surface area (Å²) < 4.78 is 5.04. The fourth-order valence-corrected chi connectivity index (χ4v) is 17.6. The van der Waals surface area contributed by atoms with Crippen molar-refractivity contribution in [1.29, 1.82) is 0 Å². The first kappa shape index (κ1) is 38.0. The van der Waals surface area contributed by atoms with Gasteiger partial charge in [-0.05, 0) is 196 Å². The molecule has 8 aliphatic rings. The van der Waals surface area contributed by atoms with E-state index in [1.54, 1.807) is 0 Å². The first-order chi connectivity index (χ1) is 28.0. The van der Waals surface area contributed by atoms with E-state index in [0.29, 0.717) is 45.4 Å². The summed E-state index contributed by atoms with van der Waals surface area (Å²) in [5.41, 5.74) is 6.58. The van der Waals surface area contributed by atoms with Gasteiger partial charge in [-0.2, -0.15) is 0 Å². The molecule has 1 N–H and O–H groups in total. The highest BCUT2D eigenvalue weighted by molar-refractivity contribution is 5.79. The van der Waals surface area contributed by atoms with Crippen LogP contribution in [0, 0.1) is 69.0 Å². The van der Waals surface area contributed by atoms with Crippen molar-refractivity contribution in [2.75, 3.05) is 0 Å². The van der Waals surface area contributed by atoms with E-state index in [9.17, 15) is 9.90 Å². The summed E-state index contributed by atoms with van der Waals surface area (Å²) in [6.07, 6.45) is 26.6. The van der Waals surface area contributed by atoms with Crippen LogP contribution in [-0.2, 0) is 4.79 Å². The first-order valence-electron chi connectivity index (χ1n) is 24.0. The number of hydrogen-bond acceptors (Lipinski definition) is 4. The van der Waals surface area contributed by atoms with Gasteiger partial charge in [0, 0.05) is 24.9 Å². The zero-order valence-electron chi connectivity index (χ0n) is 36.0. The summed E-state index contributed by atoms with van der Waals surface area (Å²) >= 11 is 0. The van der Waals surface area contributed by atoms with Crippen LogP contribution in [0.4, 0.5) is 0 Å². The zero-order valence-corrected chi connectivity index (χ0v) is 36.0. The van der Waals surface area contributed by atoms with Crippen molar-refractivity contribution in [3.63, 3.8) is 0 Å². The van der Waals surface area contributed by atoms with Crippen LogP contribution in [0.25, 0.3) is 22.1 Å². The Morgan fingerprint density at radius 1 is 0.552 bits per heavy atom. The number of aliphatic hydroxyl groups is 1. The van der Waals surface area contributed by atoms with Gasteiger partial charge in [0.25, 0.3) is 0 Å². The Morgan fingerprint density at radius 3 is 1.60 bits per heavy atom. The maximum Gasteiger partial charge on any atom is 0.133 e. The highest BCUT2D eigenvalue weighted by Gasteiger charge is 2.62. The number of imidazole rings is 2. The maximum absolute atomic E-state index is 12.1. The molecule has 8 aliphatic carbocycles. The number of rotatable bonds is 2. The largest absolute Gasteiger partial charge is 0.393 e. The number of hydrogen-bond donors (Lipinski definition) is 1. The van der Waals surface area contributed by atoms with Gasteiger partial charge in [-0.15, -0.1) is 0 Å². The van der Waals surface area contributed by atoms with Gasteiger partial charge in [-0.3, -0.25) is 4.79 Å². The Kier molecular flexibility index (Phi) is 9.01. The minimum Gasteiger partial charge on any atom is -0.393 e. The molecule has 2 aromatic heterocycles. The third-order valence-electron chi connectivity index (χ3n) is 20.7. The number of para-hydroxylation sites is 4. The van der Waals surface area contributed by atoms with E-state index in [1.807, 2.05) is 0 Å². The van der Waals surface area contributed by atoms with Crippen molar-refractivity contribution in [1.82, 2.24) is 19.1 Å². The van der Waals surface area contributed by atoms with Crippen LogP contribution in [0.5, 0.6) is 0 Å². The van der Waals surface area contributed by atoms with Crippen LogP contribution in [-0.4, -0.2) is 36.1 Å². The van der Waals surface area contributed by atoms with E-state index in [2.05, 4.69) is 98.0 Å². The lowest BCUT2D eigenvalue weighted by Gasteiger charge is -2.61. The van der Waals surface area contributed by atoms with Crippen molar-refractivity contribution < 1.29 is 9.90 Å². The Balaban J connectivity index is 0.000000133. The summed E-state index contributed by atoms with van der Waals surface area (Å²) in [7, 11) is 0. The number of aromatic nitrogens is 4. The van der Waals surface area contributed by atoms with E-state index in [4.69, 9.17) is 9.97 Å². The molecule has 4 aromatic rings. The van der Waals surface area contributed by atoms with Crippen molar-refractivity contribution in [3.8, 4) is 0 Å². The molecule has 0 amide bonds. The SMILES string of the molecule is C[C@]12CCC(=O)CC1CCC1C2CC[C@@]2(C)C1CC[C@@H]2n1cnc2ccccc21.C[C@]12CC[C@H](O)CC1CCC1C2CC[C@@]2(C)C1CC[C@@H]2n1cnc2ccccc21. The molecule has 58 heavy (non-hydrogen) atoms. The zero-order chi connectivity index (χ0) is 39.6. The fraction of sp³-hybridized carbons (Fsp3) is 0.712.